The van der Waals surface area contributed by atoms with Gasteiger partial charge >= 0.3 is 0 Å². The van der Waals surface area contributed by atoms with Gasteiger partial charge in [-0.2, -0.15) is 0 Å². The van der Waals surface area contributed by atoms with Gasteiger partial charge in [0.2, 0.25) is 5.91 Å². The van der Waals surface area contributed by atoms with Gasteiger partial charge in [-0.15, -0.1) is 0 Å². The number of amides is 1. The molecule has 2 rings (SSSR count). The van der Waals surface area contributed by atoms with Gasteiger partial charge in [0.25, 0.3) is 0 Å². The molecule has 20 heavy (non-hydrogen) atoms. The lowest BCUT2D eigenvalue weighted by Gasteiger charge is -2.09. The number of rotatable bonds is 5. The summed E-state index contributed by atoms with van der Waals surface area (Å²) in [4.78, 5) is 11.7. The fourth-order valence-electron chi connectivity index (χ4n) is 2.27. The van der Waals surface area contributed by atoms with Crippen LogP contribution in [0, 0.1) is 0 Å². The topological polar surface area (TPSA) is 54.3 Å². The van der Waals surface area contributed by atoms with Gasteiger partial charge in [-0.1, -0.05) is 17.7 Å². The molecule has 108 valence electrons. The van der Waals surface area contributed by atoms with Gasteiger partial charge in [0, 0.05) is 46.7 Å². The van der Waals surface area contributed by atoms with Crippen LogP contribution < -0.4 is 5.32 Å². The van der Waals surface area contributed by atoms with Crippen LogP contribution in [0.3, 0.4) is 0 Å². The molecule has 1 aromatic carbocycles. The third kappa shape index (κ3) is 3.32. The molecule has 2 N–H and O–H groups in total. The summed E-state index contributed by atoms with van der Waals surface area (Å²) in [5.41, 5.74) is 1.79. The van der Waals surface area contributed by atoms with E-state index in [2.05, 4.69) is 5.32 Å². The van der Waals surface area contributed by atoms with E-state index in [9.17, 15) is 9.90 Å². The molecule has 0 aliphatic heterocycles. The maximum atomic E-state index is 11.7. The van der Waals surface area contributed by atoms with Crippen LogP contribution in [0.15, 0.2) is 24.4 Å². The van der Waals surface area contributed by atoms with Crippen molar-refractivity contribution in [1.29, 1.82) is 0 Å². The Morgan fingerprint density at radius 2 is 2.20 bits per heavy atom. The summed E-state index contributed by atoms with van der Waals surface area (Å²) in [6, 6.07) is 5.70. The van der Waals surface area contributed by atoms with Crippen molar-refractivity contribution in [3.63, 3.8) is 0 Å². The second kappa shape index (κ2) is 6.29. The van der Waals surface area contributed by atoms with E-state index in [0.29, 0.717) is 18.0 Å². The molecule has 0 saturated heterocycles. The van der Waals surface area contributed by atoms with Gasteiger partial charge in [-0.05, 0) is 26.0 Å². The van der Waals surface area contributed by atoms with Gasteiger partial charge < -0.3 is 15.0 Å². The molecule has 4 nitrogen and oxygen atoms in total. The highest BCUT2D eigenvalue weighted by atomic mass is 35.5. The van der Waals surface area contributed by atoms with Crippen LogP contribution in [-0.2, 0) is 17.9 Å². The molecule has 1 heterocycles. The summed E-state index contributed by atoms with van der Waals surface area (Å²) in [5, 5.41) is 13.9. The Bertz CT molecular complexity index is 620. The number of aliphatic hydroxyl groups is 1. The number of fused-ring (bicyclic) bond motifs is 1. The first-order valence-corrected chi connectivity index (χ1v) is 7.06. The highest BCUT2D eigenvalue weighted by molar-refractivity contribution is 6.31. The van der Waals surface area contributed by atoms with E-state index in [0.717, 1.165) is 16.5 Å². The van der Waals surface area contributed by atoms with Crippen molar-refractivity contribution in [2.45, 2.75) is 39.5 Å². The van der Waals surface area contributed by atoms with Crippen molar-refractivity contribution in [1.82, 2.24) is 9.88 Å². The number of nitrogens with zero attached hydrogens (tertiary/aromatic N) is 1. The maximum absolute atomic E-state index is 11.7. The van der Waals surface area contributed by atoms with Gasteiger partial charge in [-0.25, -0.2) is 0 Å². The van der Waals surface area contributed by atoms with E-state index in [1.165, 1.54) is 0 Å². The Morgan fingerprint density at radius 3 is 2.85 bits per heavy atom. The molecule has 0 fully saturated rings. The number of nitrogens with one attached hydrogen (secondary N) is 1. The molecular weight excluding hydrogens is 276 g/mol. The van der Waals surface area contributed by atoms with Crippen LogP contribution >= 0.6 is 11.6 Å². The Labute approximate surface area is 123 Å². The van der Waals surface area contributed by atoms with Crippen LogP contribution in [-0.4, -0.2) is 21.6 Å². The number of hydrogen-bond donors (Lipinski definition) is 2. The molecule has 0 radical (unpaired) electrons. The van der Waals surface area contributed by atoms with E-state index in [1.807, 2.05) is 36.7 Å². The Kier molecular flexibility index (Phi) is 4.68. The summed E-state index contributed by atoms with van der Waals surface area (Å²) in [6.07, 6.45) is 2.28. The molecule has 0 spiro atoms. The zero-order chi connectivity index (χ0) is 14.7. The standard InChI is InChI=1S/C15H19ClN2O2/c1-10(2)17-15(20)5-6-18-8-11(9-19)13-4-3-12(16)7-14(13)18/h3-4,7-8,10,19H,5-6,9H2,1-2H3,(H,17,20). The molecule has 0 aliphatic carbocycles. The number of hydrogen-bond acceptors (Lipinski definition) is 2. The molecule has 0 aliphatic rings. The zero-order valence-electron chi connectivity index (χ0n) is 11.7. The minimum atomic E-state index is -0.0245. The lowest BCUT2D eigenvalue weighted by Crippen LogP contribution is -2.30. The van der Waals surface area contributed by atoms with Crippen molar-refractivity contribution < 1.29 is 9.90 Å². The predicted molar refractivity (Wildman–Crippen MR) is 80.8 cm³/mol. The average molecular weight is 295 g/mol. The first-order chi connectivity index (χ1) is 9.51. The highest BCUT2D eigenvalue weighted by Gasteiger charge is 2.10. The Balaban J connectivity index is 2.21. The minimum Gasteiger partial charge on any atom is -0.392 e. The van der Waals surface area contributed by atoms with E-state index in [1.54, 1.807) is 6.07 Å². The van der Waals surface area contributed by atoms with E-state index in [-0.39, 0.29) is 18.6 Å². The quantitative estimate of drug-likeness (QED) is 0.891. The maximum Gasteiger partial charge on any atom is 0.221 e. The molecular formula is C15H19ClN2O2. The molecule has 5 heteroatoms. The Morgan fingerprint density at radius 1 is 1.45 bits per heavy atom. The number of aliphatic hydroxyl groups excluding tert-OH is 1. The van der Waals surface area contributed by atoms with Crippen molar-refractivity contribution in [2.24, 2.45) is 0 Å². The Hall–Kier alpha value is -1.52. The van der Waals surface area contributed by atoms with Gasteiger partial charge in [0.15, 0.2) is 0 Å². The van der Waals surface area contributed by atoms with Gasteiger partial charge in [0.05, 0.1) is 6.61 Å². The van der Waals surface area contributed by atoms with Crippen LogP contribution in [0.5, 0.6) is 0 Å². The highest BCUT2D eigenvalue weighted by Crippen LogP contribution is 2.25. The molecule has 0 saturated carbocycles. The number of aryl methyl sites for hydroxylation is 1. The zero-order valence-corrected chi connectivity index (χ0v) is 12.4. The number of benzene rings is 1. The van der Waals surface area contributed by atoms with Crippen LogP contribution in [0.1, 0.15) is 25.8 Å². The third-order valence-corrected chi connectivity index (χ3v) is 3.36. The van der Waals surface area contributed by atoms with Crippen molar-refractivity contribution in [3.05, 3.63) is 35.0 Å². The number of halogens is 1. The second-order valence-corrected chi connectivity index (χ2v) is 5.58. The van der Waals surface area contributed by atoms with Crippen molar-refractivity contribution >= 4 is 28.4 Å². The molecule has 0 unspecified atom stereocenters. The van der Waals surface area contributed by atoms with Crippen molar-refractivity contribution in [2.75, 3.05) is 0 Å². The van der Waals surface area contributed by atoms with E-state index in [4.69, 9.17) is 11.6 Å². The summed E-state index contributed by atoms with van der Waals surface area (Å²) in [6.45, 7) is 4.41. The average Bonchev–Trinajstić information content (AvgIpc) is 2.73. The van der Waals surface area contributed by atoms with Gasteiger partial charge in [0.1, 0.15) is 0 Å². The predicted octanol–water partition coefficient (Wildman–Crippen LogP) is 2.70. The molecule has 0 bridgehead atoms. The van der Waals surface area contributed by atoms with Crippen molar-refractivity contribution in [3.8, 4) is 0 Å². The fraction of sp³-hybridized carbons (Fsp3) is 0.400. The molecule has 0 atom stereocenters. The minimum absolute atomic E-state index is 0.0226. The summed E-state index contributed by atoms with van der Waals surface area (Å²) < 4.78 is 1.96. The molecule has 1 aromatic heterocycles. The summed E-state index contributed by atoms with van der Waals surface area (Å²) >= 11 is 6.02. The molecule has 1 amide bonds. The largest absolute Gasteiger partial charge is 0.392 e. The normalized spacial score (nSPS) is 11.2. The van der Waals surface area contributed by atoms with E-state index >= 15 is 0 Å². The number of carbonyl (C=O) groups is 1. The number of carbonyl (C=O) groups excluding carboxylic acids is 1. The molecule has 2 aromatic rings. The summed E-state index contributed by atoms with van der Waals surface area (Å²) in [7, 11) is 0. The second-order valence-electron chi connectivity index (χ2n) is 5.14. The lowest BCUT2D eigenvalue weighted by atomic mass is 10.2. The lowest BCUT2D eigenvalue weighted by molar-refractivity contribution is -0.121. The van der Waals surface area contributed by atoms with Crippen LogP contribution in [0.4, 0.5) is 0 Å². The van der Waals surface area contributed by atoms with E-state index < -0.39 is 0 Å². The van der Waals surface area contributed by atoms with Gasteiger partial charge in [-0.3, -0.25) is 4.79 Å². The third-order valence-electron chi connectivity index (χ3n) is 3.13. The SMILES string of the molecule is CC(C)NC(=O)CCn1cc(CO)c2ccc(Cl)cc21. The van der Waals surface area contributed by atoms with Crippen LogP contribution in [0.25, 0.3) is 10.9 Å². The first kappa shape index (κ1) is 14.9. The monoisotopic (exact) mass is 294 g/mol. The fourth-order valence-corrected chi connectivity index (χ4v) is 2.43. The first-order valence-electron chi connectivity index (χ1n) is 6.68. The smallest absolute Gasteiger partial charge is 0.221 e. The van der Waals surface area contributed by atoms with Crippen LogP contribution in [0.2, 0.25) is 5.02 Å². The summed E-state index contributed by atoms with van der Waals surface area (Å²) in [5.74, 6) is 0.0226. The number of aromatic nitrogens is 1.